The van der Waals surface area contributed by atoms with Gasteiger partial charge in [0.05, 0.1) is 7.11 Å². The maximum atomic E-state index is 5.26. The number of nitrogens with one attached hydrogen (secondary N) is 1. The van der Waals surface area contributed by atoms with Crippen molar-refractivity contribution in [2.24, 2.45) is 0 Å². The normalized spacial score (nSPS) is 12.2. The molecule has 2 rings (SSSR count). The Hall–Kier alpha value is -1.32. The van der Waals surface area contributed by atoms with Crippen molar-refractivity contribution in [3.63, 3.8) is 0 Å². The maximum absolute atomic E-state index is 5.26. The number of hydrogen-bond donors (Lipinski definition) is 1. The highest BCUT2D eigenvalue weighted by Gasteiger charge is 2.14. The topological polar surface area (TPSA) is 21.3 Å². The lowest BCUT2D eigenvalue weighted by Crippen LogP contribution is -2.19. The van der Waals surface area contributed by atoms with Crippen LogP contribution in [0.1, 0.15) is 28.3 Å². The van der Waals surface area contributed by atoms with E-state index in [0.29, 0.717) is 0 Å². The lowest BCUT2D eigenvalue weighted by atomic mass is 9.96. The van der Waals surface area contributed by atoms with Gasteiger partial charge in [-0.05, 0) is 61.7 Å². The Kier molecular flexibility index (Phi) is 5.43. The van der Waals surface area contributed by atoms with Crippen LogP contribution in [0.4, 0.5) is 0 Å². The van der Waals surface area contributed by atoms with E-state index in [0.717, 1.165) is 16.6 Å². The fourth-order valence-electron chi connectivity index (χ4n) is 2.45. The van der Waals surface area contributed by atoms with Crippen molar-refractivity contribution in [2.75, 3.05) is 14.2 Å². The fraction of sp³-hybridized carbons (Fsp3) is 0.333. The molecule has 0 amide bonds. The third-order valence-electron chi connectivity index (χ3n) is 3.94. The van der Waals surface area contributed by atoms with E-state index in [-0.39, 0.29) is 6.04 Å². The van der Waals surface area contributed by atoms with Gasteiger partial charge in [0.15, 0.2) is 0 Å². The van der Waals surface area contributed by atoms with Crippen molar-refractivity contribution in [1.29, 1.82) is 0 Å². The first-order chi connectivity index (χ1) is 10.0. The third kappa shape index (κ3) is 3.86. The number of halogens is 1. The molecule has 2 aromatic rings. The van der Waals surface area contributed by atoms with Gasteiger partial charge in [0.2, 0.25) is 0 Å². The van der Waals surface area contributed by atoms with Crippen molar-refractivity contribution in [2.45, 2.75) is 26.3 Å². The summed E-state index contributed by atoms with van der Waals surface area (Å²) in [6, 6.07) is 13.1. The Morgan fingerprint density at radius 3 is 2.43 bits per heavy atom. The Morgan fingerprint density at radius 2 is 1.86 bits per heavy atom. The summed E-state index contributed by atoms with van der Waals surface area (Å²) in [6.45, 7) is 4.31. The standard InChI is InChI=1S/C18H22BrNO/c1-12-5-6-14(9-13(12)2)10-18(20-3)16-8-7-15(21-4)11-17(16)19/h5-9,11,18,20H,10H2,1-4H3. The molecule has 0 bridgehead atoms. The largest absolute Gasteiger partial charge is 0.497 e. The number of rotatable bonds is 5. The summed E-state index contributed by atoms with van der Waals surface area (Å²) in [5, 5.41) is 3.41. The lowest BCUT2D eigenvalue weighted by Gasteiger charge is -2.19. The molecule has 1 N–H and O–H groups in total. The number of hydrogen-bond acceptors (Lipinski definition) is 2. The van der Waals surface area contributed by atoms with E-state index in [4.69, 9.17) is 4.74 Å². The highest BCUT2D eigenvalue weighted by atomic mass is 79.9. The van der Waals surface area contributed by atoms with Gasteiger partial charge in [0, 0.05) is 10.5 Å². The summed E-state index contributed by atoms with van der Waals surface area (Å²) < 4.78 is 6.33. The minimum absolute atomic E-state index is 0.271. The van der Waals surface area contributed by atoms with E-state index in [1.807, 2.05) is 19.2 Å². The zero-order valence-electron chi connectivity index (χ0n) is 13.0. The highest BCUT2D eigenvalue weighted by Crippen LogP contribution is 2.29. The minimum Gasteiger partial charge on any atom is -0.497 e. The van der Waals surface area contributed by atoms with E-state index in [9.17, 15) is 0 Å². The highest BCUT2D eigenvalue weighted by molar-refractivity contribution is 9.10. The number of methoxy groups -OCH3 is 1. The first kappa shape index (κ1) is 16.1. The van der Waals surface area contributed by atoms with Crippen molar-refractivity contribution < 1.29 is 4.74 Å². The molecule has 0 aliphatic carbocycles. The zero-order valence-corrected chi connectivity index (χ0v) is 14.6. The zero-order chi connectivity index (χ0) is 15.4. The summed E-state index contributed by atoms with van der Waals surface area (Å²) in [6.07, 6.45) is 0.961. The van der Waals surface area contributed by atoms with Crippen LogP contribution < -0.4 is 10.1 Å². The second-order valence-corrected chi connectivity index (χ2v) is 6.21. The average molecular weight is 348 g/mol. The van der Waals surface area contributed by atoms with E-state index in [1.54, 1.807) is 7.11 Å². The monoisotopic (exact) mass is 347 g/mol. The molecular weight excluding hydrogens is 326 g/mol. The van der Waals surface area contributed by atoms with Crippen LogP contribution in [0.25, 0.3) is 0 Å². The van der Waals surface area contributed by atoms with Crippen LogP contribution in [0.15, 0.2) is 40.9 Å². The second kappa shape index (κ2) is 7.10. The Balaban J connectivity index is 2.25. The molecule has 2 nitrogen and oxygen atoms in total. The van der Waals surface area contributed by atoms with Gasteiger partial charge in [-0.3, -0.25) is 0 Å². The van der Waals surface area contributed by atoms with E-state index in [1.165, 1.54) is 22.3 Å². The SMILES string of the molecule is CNC(Cc1ccc(C)c(C)c1)c1ccc(OC)cc1Br. The predicted octanol–water partition coefficient (Wildman–Crippen LogP) is 4.58. The summed E-state index contributed by atoms with van der Waals surface area (Å²) >= 11 is 3.65. The Morgan fingerprint density at radius 1 is 1.10 bits per heavy atom. The molecule has 0 aliphatic heterocycles. The summed E-state index contributed by atoms with van der Waals surface area (Å²) in [5.74, 6) is 0.867. The van der Waals surface area contributed by atoms with Crippen LogP contribution in [0.3, 0.4) is 0 Å². The van der Waals surface area contributed by atoms with Crippen LogP contribution in [-0.2, 0) is 6.42 Å². The van der Waals surface area contributed by atoms with Crippen molar-refractivity contribution >= 4 is 15.9 Å². The van der Waals surface area contributed by atoms with Gasteiger partial charge in [-0.2, -0.15) is 0 Å². The van der Waals surface area contributed by atoms with Gasteiger partial charge >= 0.3 is 0 Å². The molecule has 112 valence electrons. The first-order valence-corrected chi connectivity index (χ1v) is 7.91. The number of ether oxygens (including phenoxy) is 1. The van der Waals surface area contributed by atoms with E-state index >= 15 is 0 Å². The molecule has 0 spiro atoms. The van der Waals surface area contributed by atoms with E-state index in [2.05, 4.69) is 59.4 Å². The predicted molar refractivity (Wildman–Crippen MR) is 92.1 cm³/mol. The second-order valence-electron chi connectivity index (χ2n) is 5.35. The molecule has 1 unspecified atom stereocenters. The van der Waals surface area contributed by atoms with Crippen molar-refractivity contribution in [1.82, 2.24) is 5.32 Å². The number of aryl methyl sites for hydroxylation is 2. The third-order valence-corrected chi connectivity index (χ3v) is 4.63. The summed E-state index contributed by atoms with van der Waals surface area (Å²) in [5.41, 5.74) is 5.28. The number of benzene rings is 2. The molecule has 3 heteroatoms. The molecule has 0 fully saturated rings. The maximum Gasteiger partial charge on any atom is 0.120 e. The van der Waals surface area contributed by atoms with Crippen LogP contribution in [0, 0.1) is 13.8 Å². The lowest BCUT2D eigenvalue weighted by molar-refractivity contribution is 0.414. The fourth-order valence-corrected chi connectivity index (χ4v) is 3.09. The molecule has 0 saturated carbocycles. The molecule has 21 heavy (non-hydrogen) atoms. The summed E-state index contributed by atoms with van der Waals surface area (Å²) in [7, 11) is 3.69. The van der Waals surface area contributed by atoms with Gasteiger partial charge < -0.3 is 10.1 Å². The van der Waals surface area contributed by atoms with Crippen LogP contribution in [0.5, 0.6) is 5.75 Å². The van der Waals surface area contributed by atoms with Gasteiger partial charge in [-0.25, -0.2) is 0 Å². The molecule has 0 aromatic heterocycles. The van der Waals surface area contributed by atoms with Gasteiger partial charge in [0.1, 0.15) is 5.75 Å². The molecule has 0 radical (unpaired) electrons. The molecule has 0 heterocycles. The molecule has 1 atom stereocenters. The Bertz CT molecular complexity index is 625. The van der Waals surface area contributed by atoms with Crippen LogP contribution in [0.2, 0.25) is 0 Å². The van der Waals surface area contributed by atoms with E-state index < -0.39 is 0 Å². The van der Waals surface area contributed by atoms with Crippen LogP contribution in [-0.4, -0.2) is 14.2 Å². The summed E-state index contributed by atoms with van der Waals surface area (Å²) in [4.78, 5) is 0. The molecular formula is C18H22BrNO. The van der Waals surface area contributed by atoms with Crippen molar-refractivity contribution in [3.05, 3.63) is 63.1 Å². The molecule has 0 saturated heterocycles. The van der Waals surface area contributed by atoms with Gasteiger partial charge in [0.25, 0.3) is 0 Å². The smallest absolute Gasteiger partial charge is 0.120 e. The quantitative estimate of drug-likeness (QED) is 0.854. The van der Waals surface area contributed by atoms with Gasteiger partial charge in [-0.1, -0.05) is 40.2 Å². The Labute approximate surface area is 135 Å². The first-order valence-electron chi connectivity index (χ1n) is 7.12. The minimum atomic E-state index is 0.271. The molecule has 2 aromatic carbocycles. The van der Waals surface area contributed by atoms with Crippen LogP contribution >= 0.6 is 15.9 Å². The average Bonchev–Trinajstić information content (AvgIpc) is 2.48. The van der Waals surface area contributed by atoms with Gasteiger partial charge in [-0.15, -0.1) is 0 Å². The van der Waals surface area contributed by atoms with Crippen molar-refractivity contribution in [3.8, 4) is 5.75 Å². The molecule has 0 aliphatic rings. The number of likely N-dealkylation sites (N-methyl/N-ethyl adjacent to an activating group) is 1.